The van der Waals surface area contributed by atoms with Crippen molar-refractivity contribution < 1.29 is 14.6 Å². The van der Waals surface area contributed by atoms with Crippen molar-refractivity contribution in [3.05, 3.63) is 29.8 Å². The molecule has 0 bridgehead atoms. The molecule has 0 fully saturated rings. The lowest BCUT2D eigenvalue weighted by Gasteiger charge is -2.18. The highest BCUT2D eigenvalue weighted by Crippen LogP contribution is 2.27. The molecule has 1 aromatic carbocycles. The van der Waals surface area contributed by atoms with Crippen LogP contribution in [0.1, 0.15) is 25.8 Å². The van der Waals surface area contributed by atoms with Gasteiger partial charge in [-0.25, -0.2) is 4.79 Å². The number of benzene rings is 1. The van der Waals surface area contributed by atoms with Crippen LogP contribution in [0.5, 0.6) is 5.75 Å². The third-order valence-electron chi connectivity index (χ3n) is 3.98. The summed E-state index contributed by atoms with van der Waals surface area (Å²) < 4.78 is 5.75. The zero-order valence-electron chi connectivity index (χ0n) is 12.6. The van der Waals surface area contributed by atoms with Gasteiger partial charge in [0.15, 0.2) is 0 Å². The Morgan fingerprint density at radius 2 is 2.19 bits per heavy atom. The number of aliphatic hydroxyl groups is 1. The maximum absolute atomic E-state index is 11.7. The molecular weight excluding hydrogens is 268 g/mol. The first-order chi connectivity index (χ1) is 10.1. The molecular formula is C16H24N2O3. The fourth-order valence-corrected chi connectivity index (χ4v) is 2.31. The Labute approximate surface area is 125 Å². The number of fused-ring (bicyclic) bond motifs is 1. The lowest BCUT2D eigenvalue weighted by molar-refractivity contribution is 0.114. The summed E-state index contributed by atoms with van der Waals surface area (Å²) in [6.45, 7) is 4.71. The van der Waals surface area contributed by atoms with Crippen LogP contribution in [0.2, 0.25) is 0 Å². The monoisotopic (exact) mass is 292 g/mol. The smallest absolute Gasteiger partial charge is 0.315 e. The van der Waals surface area contributed by atoms with E-state index in [4.69, 9.17) is 4.74 Å². The van der Waals surface area contributed by atoms with E-state index < -0.39 is 6.10 Å². The van der Waals surface area contributed by atoms with Crippen LogP contribution >= 0.6 is 0 Å². The number of amides is 2. The number of hydrogen-bond donors (Lipinski definition) is 3. The molecule has 1 aliphatic heterocycles. The molecule has 0 aliphatic carbocycles. The van der Waals surface area contributed by atoms with Crippen LogP contribution < -0.4 is 15.4 Å². The Kier molecular flexibility index (Phi) is 5.44. The Morgan fingerprint density at radius 3 is 2.90 bits per heavy atom. The van der Waals surface area contributed by atoms with E-state index in [0.717, 1.165) is 18.6 Å². The van der Waals surface area contributed by atoms with Gasteiger partial charge in [-0.1, -0.05) is 38.5 Å². The lowest BCUT2D eigenvalue weighted by atomic mass is 10.0. The Bertz CT molecular complexity index is 453. The average molecular weight is 292 g/mol. The van der Waals surface area contributed by atoms with E-state index in [0.29, 0.717) is 6.54 Å². The summed E-state index contributed by atoms with van der Waals surface area (Å²) in [7, 11) is 0. The quantitative estimate of drug-likeness (QED) is 0.747. The van der Waals surface area contributed by atoms with Crippen LogP contribution in [0.25, 0.3) is 0 Å². The summed E-state index contributed by atoms with van der Waals surface area (Å²) in [6.07, 6.45) is 1.17. The molecule has 21 heavy (non-hydrogen) atoms. The van der Waals surface area contributed by atoms with Crippen molar-refractivity contribution in [1.82, 2.24) is 10.6 Å². The molecule has 0 aromatic heterocycles. The van der Waals surface area contributed by atoms with Crippen LogP contribution in [-0.4, -0.2) is 36.4 Å². The molecule has 2 amide bonds. The zero-order valence-corrected chi connectivity index (χ0v) is 12.6. The molecule has 3 atom stereocenters. The summed E-state index contributed by atoms with van der Waals surface area (Å²) in [5.41, 5.74) is 1.18. The van der Waals surface area contributed by atoms with Gasteiger partial charge in [0, 0.05) is 13.0 Å². The van der Waals surface area contributed by atoms with Crippen molar-refractivity contribution in [2.75, 3.05) is 13.1 Å². The Balaban J connectivity index is 1.67. The molecule has 1 heterocycles. The minimum absolute atomic E-state index is 0.0207. The van der Waals surface area contributed by atoms with Crippen LogP contribution in [-0.2, 0) is 6.42 Å². The van der Waals surface area contributed by atoms with Gasteiger partial charge in [0.05, 0.1) is 12.6 Å². The number of hydrogen-bond acceptors (Lipinski definition) is 3. The molecule has 0 saturated heterocycles. The Morgan fingerprint density at radius 1 is 1.43 bits per heavy atom. The number of carbonyl (C=O) groups is 1. The van der Waals surface area contributed by atoms with Crippen LogP contribution in [0.4, 0.5) is 4.79 Å². The Hall–Kier alpha value is -1.75. The molecule has 5 nitrogen and oxygen atoms in total. The summed E-state index contributed by atoms with van der Waals surface area (Å²) in [4.78, 5) is 11.7. The second kappa shape index (κ2) is 7.31. The first kappa shape index (κ1) is 15.6. The van der Waals surface area contributed by atoms with Gasteiger partial charge in [0.25, 0.3) is 0 Å². The topological polar surface area (TPSA) is 70.6 Å². The molecule has 1 aliphatic rings. The highest BCUT2D eigenvalue weighted by Gasteiger charge is 2.22. The number of nitrogens with one attached hydrogen (secondary N) is 2. The standard InChI is InChI=1S/C16H24N2O3/c1-3-11(2)14(19)10-18-16(20)17-9-13-8-12-6-4-5-7-15(12)21-13/h4-7,11,13-14,19H,3,8-10H2,1-2H3,(H2,17,18,20). The van der Waals surface area contributed by atoms with E-state index in [1.165, 1.54) is 5.56 Å². The lowest BCUT2D eigenvalue weighted by Crippen LogP contribution is -2.44. The number of para-hydroxylation sites is 1. The van der Waals surface area contributed by atoms with Gasteiger partial charge in [-0.15, -0.1) is 0 Å². The predicted octanol–water partition coefficient (Wildman–Crippen LogP) is 1.70. The fourth-order valence-electron chi connectivity index (χ4n) is 2.31. The van der Waals surface area contributed by atoms with Gasteiger partial charge >= 0.3 is 6.03 Å². The third-order valence-corrected chi connectivity index (χ3v) is 3.98. The van der Waals surface area contributed by atoms with Crippen molar-refractivity contribution in [3.63, 3.8) is 0 Å². The maximum atomic E-state index is 11.7. The first-order valence-corrected chi connectivity index (χ1v) is 7.54. The molecule has 2 rings (SSSR count). The van der Waals surface area contributed by atoms with Gasteiger partial charge in [0.2, 0.25) is 0 Å². The van der Waals surface area contributed by atoms with E-state index in [1.807, 2.05) is 38.1 Å². The summed E-state index contributed by atoms with van der Waals surface area (Å²) >= 11 is 0. The van der Waals surface area contributed by atoms with Crippen molar-refractivity contribution in [2.24, 2.45) is 5.92 Å². The summed E-state index contributed by atoms with van der Waals surface area (Å²) in [5.74, 6) is 1.08. The molecule has 3 N–H and O–H groups in total. The highest BCUT2D eigenvalue weighted by atomic mass is 16.5. The molecule has 3 unspecified atom stereocenters. The van der Waals surface area contributed by atoms with E-state index in [1.54, 1.807) is 0 Å². The minimum Gasteiger partial charge on any atom is -0.488 e. The molecule has 116 valence electrons. The van der Waals surface area contributed by atoms with Gasteiger partial charge < -0.3 is 20.5 Å². The minimum atomic E-state index is -0.507. The molecule has 0 radical (unpaired) electrons. The number of carbonyl (C=O) groups excluding carboxylic acids is 1. The van der Waals surface area contributed by atoms with E-state index in [9.17, 15) is 9.90 Å². The van der Waals surface area contributed by atoms with Crippen LogP contribution in [0.3, 0.4) is 0 Å². The molecule has 1 aromatic rings. The predicted molar refractivity (Wildman–Crippen MR) is 81.4 cm³/mol. The fraction of sp³-hybridized carbons (Fsp3) is 0.562. The second-order valence-corrected chi connectivity index (χ2v) is 5.60. The summed E-state index contributed by atoms with van der Waals surface area (Å²) in [6, 6.07) is 7.64. The normalized spacial score (nSPS) is 19.3. The van der Waals surface area contributed by atoms with Crippen molar-refractivity contribution in [3.8, 4) is 5.75 Å². The third kappa shape index (κ3) is 4.36. The average Bonchev–Trinajstić information content (AvgIpc) is 2.92. The van der Waals surface area contributed by atoms with E-state index in [2.05, 4.69) is 10.6 Å². The van der Waals surface area contributed by atoms with E-state index in [-0.39, 0.29) is 24.6 Å². The number of rotatable bonds is 6. The van der Waals surface area contributed by atoms with Gasteiger partial charge in [-0.05, 0) is 17.5 Å². The molecule has 0 saturated carbocycles. The van der Waals surface area contributed by atoms with E-state index >= 15 is 0 Å². The number of aliphatic hydroxyl groups excluding tert-OH is 1. The van der Waals surface area contributed by atoms with Crippen molar-refractivity contribution >= 4 is 6.03 Å². The van der Waals surface area contributed by atoms with Gasteiger partial charge in [-0.3, -0.25) is 0 Å². The van der Waals surface area contributed by atoms with Crippen molar-refractivity contribution in [1.29, 1.82) is 0 Å². The molecule has 0 spiro atoms. The largest absolute Gasteiger partial charge is 0.488 e. The van der Waals surface area contributed by atoms with Gasteiger partial charge in [-0.2, -0.15) is 0 Å². The second-order valence-electron chi connectivity index (χ2n) is 5.60. The number of ether oxygens (including phenoxy) is 1. The SMILES string of the molecule is CCC(C)C(O)CNC(=O)NCC1Cc2ccccc2O1. The van der Waals surface area contributed by atoms with Crippen molar-refractivity contribution in [2.45, 2.75) is 38.9 Å². The molecule has 5 heteroatoms. The van der Waals surface area contributed by atoms with Crippen LogP contribution in [0.15, 0.2) is 24.3 Å². The van der Waals surface area contributed by atoms with Gasteiger partial charge in [0.1, 0.15) is 11.9 Å². The maximum Gasteiger partial charge on any atom is 0.315 e. The summed E-state index contributed by atoms with van der Waals surface area (Å²) in [5, 5.41) is 15.3. The first-order valence-electron chi connectivity index (χ1n) is 7.54. The zero-order chi connectivity index (χ0) is 15.2. The highest BCUT2D eigenvalue weighted by molar-refractivity contribution is 5.73. The van der Waals surface area contributed by atoms with Crippen LogP contribution in [0, 0.1) is 5.92 Å². The number of urea groups is 1.